The summed E-state index contributed by atoms with van der Waals surface area (Å²) in [6.45, 7) is 3.43. The number of methoxy groups -OCH3 is 1. The summed E-state index contributed by atoms with van der Waals surface area (Å²) in [5, 5.41) is 3.03. The molecule has 1 aromatic carbocycles. The average Bonchev–Trinajstić information content (AvgIpc) is 2.28. The van der Waals surface area contributed by atoms with Gasteiger partial charge < -0.3 is 15.8 Å². The number of guanidine groups is 1. The van der Waals surface area contributed by atoms with E-state index >= 15 is 0 Å². The summed E-state index contributed by atoms with van der Waals surface area (Å²) in [5.74, 6) is 0.815. The quantitative estimate of drug-likeness (QED) is 0.587. The maximum Gasteiger partial charge on any atom is 0.193 e. The highest BCUT2D eigenvalue weighted by Gasteiger charge is 2.00. The Morgan fingerprint density at radius 2 is 2.12 bits per heavy atom. The average molecular weight is 221 g/mol. The van der Waals surface area contributed by atoms with Crippen molar-refractivity contribution in [2.24, 2.45) is 16.6 Å². The number of hydrogen-bond acceptors (Lipinski definition) is 2. The highest BCUT2D eigenvalue weighted by Crippen LogP contribution is 2.04. The van der Waals surface area contributed by atoms with E-state index in [0.717, 1.165) is 5.69 Å². The molecule has 0 spiro atoms. The van der Waals surface area contributed by atoms with Crippen molar-refractivity contribution in [2.75, 3.05) is 25.6 Å². The molecule has 0 amide bonds. The summed E-state index contributed by atoms with van der Waals surface area (Å²) in [6, 6.07) is 9.74. The highest BCUT2D eigenvalue weighted by atomic mass is 16.5. The van der Waals surface area contributed by atoms with Gasteiger partial charge in [-0.2, -0.15) is 0 Å². The number of nitrogens with two attached hydrogens (primary N) is 1. The molecule has 0 radical (unpaired) electrons. The lowest BCUT2D eigenvalue weighted by Gasteiger charge is -2.08. The van der Waals surface area contributed by atoms with Gasteiger partial charge in [0.1, 0.15) is 0 Å². The molecule has 0 heterocycles. The van der Waals surface area contributed by atoms with Gasteiger partial charge in [-0.15, -0.1) is 0 Å². The SMILES string of the molecule is COCC(C)CN=C(N)Nc1ccccc1. The Balaban J connectivity index is 2.40. The van der Waals surface area contributed by atoms with E-state index in [0.29, 0.717) is 25.0 Å². The molecule has 0 aliphatic carbocycles. The lowest BCUT2D eigenvalue weighted by atomic mass is 10.2. The number of nitrogens with zero attached hydrogens (tertiary/aromatic N) is 1. The summed E-state index contributed by atoms with van der Waals surface area (Å²) in [6.07, 6.45) is 0. The molecule has 0 aromatic heterocycles. The highest BCUT2D eigenvalue weighted by molar-refractivity contribution is 5.92. The zero-order valence-electron chi connectivity index (χ0n) is 9.81. The van der Waals surface area contributed by atoms with Crippen LogP contribution in [0, 0.1) is 5.92 Å². The van der Waals surface area contributed by atoms with E-state index < -0.39 is 0 Å². The van der Waals surface area contributed by atoms with E-state index in [-0.39, 0.29) is 0 Å². The van der Waals surface area contributed by atoms with Gasteiger partial charge in [0, 0.05) is 19.3 Å². The Hall–Kier alpha value is -1.55. The van der Waals surface area contributed by atoms with Gasteiger partial charge in [-0.1, -0.05) is 25.1 Å². The molecule has 16 heavy (non-hydrogen) atoms. The Morgan fingerprint density at radius 1 is 1.44 bits per heavy atom. The summed E-state index contributed by atoms with van der Waals surface area (Å²) in [4.78, 5) is 4.24. The predicted octanol–water partition coefficient (Wildman–Crippen LogP) is 1.70. The van der Waals surface area contributed by atoms with E-state index in [2.05, 4.69) is 17.2 Å². The van der Waals surface area contributed by atoms with Gasteiger partial charge in [0.2, 0.25) is 0 Å². The molecule has 4 heteroatoms. The van der Waals surface area contributed by atoms with Gasteiger partial charge in [0.15, 0.2) is 5.96 Å². The molecule has 88 valence electrons. The number of rotatable bonds is 5. The minimum atomic E-state index is 0.376. The maximum absolute atomic E-state index is 5.75. The van der Waals surface area contributed by atoms with Crippen LogP contribution in [0.3, 0.4) is 0 Å². The van der Waals surface area contributed by atoms with Crippen molar-refractivity contribution in [3.8, 4) is 0 Å². The maximum atomic E-state index is 5.75. The number of hydrogen-bond donors (Lipinski definition) is 2. The first-order valence-corrected chi connectivity index (χ1v) is 5.33. The smallest absolute Gasteiger partial charge is 0.193 e. The third kappa shape index (κ3) is 4.79. The van der Waals surface area contributed by atoms with E-state index in [1.165, 1.54) is 0 Å². The number of benzene rings is 1. The lowest BCUT2D eigenvalue weighted by molar-refractivity contribution is 0.163. The molecule has 1 aromatic rings. The minimum absolute atomic E-state index is 0.376. The standard InChI is InChI=1S/C12H19N3O/c1-10(9-16-2)8-14-12(13)15-11-6-4-3-5-7-11/h3-7,10H,8-9H2,1-2H3,(H3,13,14,15). The largest absolute Gasteiger partial charge is 0.384 e. The minimum Gasteiger partial charge on any atom is -0.384 e. The van der Waals surface area contributed by atoms with Crippen molar-refractivity contribution >= 4 is 11.6 Å². The first-order valence-electron chi connectivity index (χ1n) is 5.33. The molecule has 0 saturated heterocycles. The van der Waals surface area contributed by atoms with Crippen molar-refractivity contribution in [3.05, 3.63) is 30.3 Å². The summed E-state index contributed by atoms with van der Waals surface area (Å²) in [7, 11) is 1.69. The fourth-order valence-electron chi connectivity index (χ4n) is 1.30. The van der Waals surface area contributed by atoms with E-state index in [9.17, 15) is 0 Å². The monoisotopic (exact) mass is 221 g/mol. The summed E-state index contributed by atoms with van der Waals surface area (Å²) >= 11 is 0. The van der Waals surface area contributed by atoms with Crippen LogP contribution in [0.25, 0.3) is 0 Å². The van der Waals surface area contributed by atoms with Gasteiger partial charge in [0.25, 0.3) is 0 Å². The first kappa shape index (κ1) is 12.5. The second kappa shape index (κ2) is 6.85. The number of nitrogens with one attached hydrogen (secondary N) is 1. The van der Waals surface area contributed by atoms with Crippen molar-refractivity contribution < 1.29 is 4.74 Å². The Kier molecular flexibility index (Phi) is 5.36. The van der Waals surface area contributed by atoms with Crippen LogP contribution in [0.15, 0.2) is 35.3 Å². The van der Waals surface area contributed by atoms with Gasteiger partial charge in [-0.3, -0.25) is 4.99 Å². The van der Waals surface area contributed by atoms with Crippen molar-refractivity contribution in [3.63, 3.8) is 0 Å². The third-order valence-electron chi connectivity index (χ3n) is 2.07. The second-order valence-corrected chi connectivity index (χ2v) is 3.78. The Labute approximate surface area is 96.5 Å². The second-order valence-electron chi connectivity index (χ2n) is 3.78. The van der Waals surface area contributed by atoms with Gasteiger partial charge in [-0.25, -0.2) is 0 Å². The molecule has 0 saturated carbocycles. The van der Waals surface area contributed by atoms with Crippen LogP contribution in [0.2, 0.25) is 0 Å². The van der Waals surface area contributed by atoms with Crippen LogP contribution in [-0.4, -0.2) is 26.2 Å². The van der Waals surface area contributed by atoms with Crippen molar-refractivity contribution in [1.29, 1.82) is 0 Å². The molecular formula is C12H19N3O. The molecule has 3 N–H and O–H groups in total. The third-order valence-corrected chi connectivity index (χ3v) is 2.07. The normalized spacial score (nSPS) is 13.5. The van der Waals surface area contributed by atoms with E-state index in [1.54, 1.807) is 7.11 Å². The fourth-order valence-corrected chi connectivity index (χ4v) is 1.30. The van der Waals surface area contributed by atoms with Crippen molar-refractivity contribution in [1.82, 2.24) is 0 Å². The van der Waals surface area contributed by atoms with E-state index in [1.807, 2.05) is 30.3 Å². The van der Waals surface area contributed by atoms with Gasteiger partial charge >= 0.3 is 0 Å². The van der Waals surface area contributed by atoms with Gasteiger partial charge in [0.05, 0.1) is 6.61 Å². The van der Waals surface area contributed by atoms with Crippen LogP contribution in [0.1, 0.15) is 6.92 Å². The molecule has 1 rings (SSSR count). The first-order chi connectivity index (χ1) is 7.72. The predicted molar refractivity (Wildman–Crippen MR) is 67.6 cm³/mol. The number of anilines is 1. The number of aliphatic imine (C=N–C) groups is 1. The van der Waals surface area contributed by atoms with Crippen LogP contribution in [-0.2, 0) is 4.74 Å². The Bertz CT molecular complexity index is 324. The van der Waals surface area contributed by atoms with Crippen LogP contribution in [0.4, 0.5) is 5.69 Å². The lowest BCUT2D eigenvalue weighted by Crippen LogP contribution is -2.24. The molecule has 1 atom stereocenters. The van der Waals surface area contributed by atoms with E-state index in [4.69, 9.17) is 10.5 Å². The zero-order valence-corrected chi connectivity index (χ0v) is 9.81. The topological polar surface area (TPSA) is 59.6 Å². The van der Waals surface area contributed by atoms with Crippen LogP contribution in [0.5, 0.6) is 0 Å². The molecule has 4 nitrogen and oxygen atoms in total. The Morgan fingerprint density at radius 3 is 2.75 bits per heavy atom. The van der Waals surface area contributed by atoms with Gasteiger partial charge in [-0.05, 0) is 18.1 Å². The summed E-state index contributed by atoms with van der Waals surface area (Å²) < 4.78 is 5.02. The molecular weight excluding hydrogens is 202 g/mol. The summed E-state index contributed by atoms with van der Waals surface area (Å²) in [5.41, 5.74) is 6.70. The van der Waals surface area contributed by atoms with Crippen LogP contribution >= 0.6 is 0 Å². The molecule has 0 aliphatic rings. The zero-order chi connectivity index (χ0) is 11.8. The fraction of sp³-hybridized carbons (Fsp3) is 0.417. The number of para-hydroxylation sites is 1. The molecule has 0 bridgehead atoms. The van der Waals surface area contributed by atoms with Crippen LogP contribution < -0.4 is 11.1 Å². The molecule has 1 unspecified atom stereocenters. The van der Waals surface area contributed by atoms with Crippen molar-refractivity contribution in [2.45, 2.75) is 6.92 Å². The molecule has 0 aliphatic heterocycles. The molecule has 0 fully saturated rings. The number of ether oxygens (including phenoxy) is 1.